The van der Waals surface area contributed by atoms with Crippen molar-refractivity contribution in [3.63, 3.8) is 0 Å². The Morgan fingerprint density at radius 3 is 3.13 bits per heavy atom. The molecule has 0 aliphatic carbocycles. The first-order chi connectivity index (χ1) is 11.1. The fourth-order valence-corrected chi connectivity index (χ4v) is 3.43. The minimum absolute atomic E-state index is 0.0688. The zero-order valence-electron chi connectivity index (χ0n) is 14.0. The summed E-state index contributed by atoms with van der Waals surface area (Å²) in [6, 6.07) is 4.37. The topological polar surface area (TPSA) is 61.5 Å². The molecule has 1 saturated heterocycles. The SMILES string of the molecule is COCC(=O)N1CC[C@@H](C)C(N(C)c2ccnc3[nH]ccc23)C1. The van der Waals surface area contributed by atoms with Gasteiger partial charge in [0.15, 0.2) is 0 Å². The van der Waals surface area contributed by atoms with E-state index in [-0.39, 0.29) is 18.6 Å². The number of pyridine rings is 1. The number of nitrogens with zero attached hydrogens (tertiary/aromatic N) is 3. The molecule has 2 atom stereocenters. The minimum atomic E-state index is 0.0688. The highest BCUT2D eigenvalue weighted by Crippen LogP contribution is 2.30. The van der Waals surface area contributed by atoms with Crippen molar-refractivity contribution in [2.45, 2.75) is 19.4 Å². The largest absolute Gasteiger partial charge is 0.375 e. The second kappa shape index (κ2) is 6.58. The van der Waals surface area contributed by atoms with E-state index < -0.39 is 0 Å². The molecule has 1 amide bonds. The molecule has 124 valence electrons. The Hall–Kier alpha value is -2.08. The van der Waals surface area contributed by atoms with Crippen LogP contribution in [0.3, 0.4) is 0 Å². The van der Waals surface area contributed by atoms with Gasteiger partial charge in [0.2, 0.25) is 5.91 Å². The maximum atomic E-state index is 12.1. The van der Waals surface area contributed by atoms with E-state index in [0.717, 1.165) is 36.2 Å². The molecule has 6 heteroatoms. The molecule has 1 aliphatic heterocycles. The van der Waals surface area contributed by atoms with E-state index in [1.807, 2.05) is 23.4 Å². The number of nitrogens with one attached hydrogen (secondary N) is 1. The number of anilines is 1. The number of likely N-dealkylation sites (N-methyl/N-ethyl adjacent to an activating group) is 1. The fourth-order valence-electron chi connectivity index (χ4n) is 3.43. The van der Waals surface area contributed by atoms with Crippen molar-refractivity contribution in [3.8, 4) is 0 Å². The molecule has 6 nitrogen and oxygen atoms in total. The third-order valence-electron chi connectivity index (χ3n) is 4.85. The molecule has 3 rings (SSSR count). The van der Waals surface area contributed by atoms with Gasteiger partial charge in [0, 0.05) is 56.8 Å². The van der Waals surface area contributed by atoms with Crippen molar-refractivity contribution in [2.24, 2.45) is 5.92 Å². The maximum absolute atomic E-state index is 12.1. The van der Waals surface area contributed by atoms with Crippen LogP contribution < -0.4 is 4.90 Å². The van der Waals surface area contributed by atoms with Crippen molar-refractivity contribution in [2.75, 3.05) is 38.8 Å². The number of aromatic nitrogens is 2. The molecule has 0 aromatic carbocycles. The lowest BCUT2D eigenvalue weighted by Gasteiger charge is -2.42. The number of piperidine rings is 1. The fraction of sp³-hybridized carbons (Fsp3) is 0.529. The summed E-state index contributed by atoms with van der Waals surface area (Å²) in [4.78, 5) is 23.9. The number of rotatable bonds is 4. The lowest BCUT2D eigenvalue weighted by molar-refractivity contribution is -0.136. The van der Waals surface area contributed by atoms with Gasteiger partial charge in [-0.05, 0) is 24.5 Å². The van der Waals surface area contributed by atoms with Gasteiger partial charge in [0.05, 0.1) is 0 Å². The molecular weight excluding hydrogens is 292 g/mol. The first-order valence-corrected chi connectivity index (χ1v) is 8.03. The van der Waals surface area contributed by atoms with Gasteiger partial charge < -0.3 is 19.5 Å². The van der Waals surface area contributed by atoms with Crippen molar-refractivity contribution in [1.29, 1.82) is 0 Å². The van der Waals surface area contributed by atoms with Crippen LogP contribution in [0.2, 0.25) is 0 Å². The Balaban J connectivity index is 1.83. The van der Waals surface area contributed by atoms with Crippen molar-refractivity contribution in [1.82, 2.24) is 14.9 Å². The Morgan fingerprint density at radius 1 is 1.52 bits per heavy atom. The molecule has 2 aromatic rings. The highest BCUT2D eigenvalue weighted by atomic mass is 16.5. The average Bonchev–Trinajstić information content (AvgIpc) is 3.03. The van der Waals surface area contributed by atoms with Gasteiger partial charge in [-0.2, -0.15) is 0 Å². The summed E-state index contributed by atoms with van der Waals surface area (Å²) in [7, 11) is 3.67. The molecule has 0 saturated carbocycles. The summed E-state index contributed by atoms with van der Waals surface area (Å²) in [5.74, 6) is 0.591. The number of hydrogen-bond acceptors (Lipinski definition) is 4. The highest BCUT2D eigenvalue weighted by Gasteiger charge is 2.32. The van der Waals surface area contributed by atoms with Crippen molar-refractivity contribution < 1.29 is 9.53 Å². The number of methoxy groups -OCH3 is 1. The standard InChI is InChI=1S/C17H24N4O2/c1-12-6-9-21(16(22)11-23-3)10-15(12)20(2)14-5-8-19-17-13(14)4-7-18-17/h4-5,7-8,12,15H,6,9-11H2,1-3H3,(H,18,19)/t12-,15?/m1/s1. The van der Waals surface area contributed by atoms with Gasteiger partial charge in [-0.25, -0.2) is 4.98 Å². The van der Waals surface area contributed by atoms with E-state index in [1.54, 1.807) is 7.11 Å². The lowest BCUT2D eigenvalue weighted by Crippen LogP contribution is -2.53. The molecule has 23 heavy (non-hydrogen) atoms. The van der Waals surface area contributed by atoms with Gasteiger partial charge >= 0.3 is 0 Å². The van der Waals surface area contributed by atoms with Crippen LogP contribution in [0.5, 0.6) is 0 Å². The van der Waals surface area contributed by atoms with E-state index in [2.05, 4.69) is 34.9 Å². The van der Waals surface area contributed by atoms with Crippen LogP contribution in [-0.4, -0.2) is 60.7 Å². The number of ether oxygens (including phenoxy) is 1. The molecule has 1 fully saturated rings. The van der Waals surface area contributed by atoms with Gasteiger partial charge in [0.1, 0.15) is 12.3 Å². The molecule has 0 spiro atoms. The van der Waals surface area contributed by atoms with Gasteiger partial charge in [0.25, 0.3) is 0 Å². The van der Waals surface area contributed by atoms with Crippen LogP contribution in [-0.2, 0) is 9.53 Å². The molecule has 0 bridgehead atoms. The Bertz CT molecular complexity index is 684. The van der Waals surface area contributed by atoms with E-state index in [0.29, 0.717) is 5.92 Å². The number of likely N-dealkylation sites (tertiary alicyclic amines) is 1. The Kier molecular flexibility index (Phi) is 4.52. The van der Waals surface area contributed by atoms with Crippen LogP contribution in [0.25, 0.3) is 11.0 Å². The van der Waals surface area contributed by atoms with Crippen LogP contribution in [0.1, 0.15) is 13.3 Å². The van der Waals surface area contributed by atoms with Crippen molar-refractivity contribution in [3.05, 3.63) is 24.5 Å². The van der Waals surface area contributed by atoms with E-state index >= 15 is 0 Å². The van der Waals surface area contributed by atoms with Crippen LogP contribution in [0.15, 0.2) is 24.5 Å². The molecule has 1 unspecified atom stereocenters. The highest BCUT2D eigenvalue weighted by molar-refractivity contribution is 5.89. The number of amides is 1. The Labute approximate surface area is 136 Å². The molecule has 1 aliphatic rings. The number of carbonyl (C=O) groups is 1. The predicted molar refractivity (Wildman–Crippen MR) is 90.5 cm³/mol. The summed E-state index contributed by atoms with van der Waals surface area (Å²) >= 11 is 0. The molecular formula is C17H24N4O2. The second-order valence-electron chi connectivity index (χ2n) is 6.29. The molecule has 2 aromatic heterocycles. The summed E-state index contributed by atoms with van der Waals surface area (Å²) in [6.07, 6.45) is 4.74. The van der Waals surface area contributed by atoms with E-state index in [4.69, 9.17) is 4.74 Å². The van der Waals surface area contributed by atoms with E-state index in [1.165, 1.54) is 0 Å². The van der Waals surface area contributed by atoms with Gasteiger partial charge in [-0.1, -0.05) is 6.92 Å². The predicted octanol–water partition coefficient (Wildman–Crippen LogP) is 1.88. The molecule has 0 radical (unpaired) electrons. The third kappa shape index (κ3) is 3.03. The summed E-state index contributed by atoms with van der Waals surface area (Å²) in [6.45, 7) is 3.95. The van der Waals surface area contributed by atoms with Crippen LogP contribution >= 0.6 is 0 Å². The van der Waals surface area contributed by atoms with Crippen LogP contribution in [0, 0.1) is 5.92 Å². The molecule has 1 N–H and O–H groups in total. The summed E-state index contributed by atoms with van der Waals surface area (Å²) in [5, 5.41) is 1.11. The van der Waals surface area contributed by atoms with Gasteiger partial charge in [-0.3, -0.25) is 4.79 Å². The number of carbonyl (C=O) groups excluding carboxylic acids is 1. The first-order valence-electron chi connectivity index (χ1n) is 8.03. The number of fused-ring (bicyclic) bond motifs is 1. The monoisotopic (exact) mass is 316 g/mol. The number of H-pyrrole nitrogens is 1. The zero-order chi connectivity index (χ0) is 16.4. The van der Waals surface area contributed by atoms with Crippen molar-refractivity contribution >= 4 is 22.6 Å². The number of hydrogen-bond donors (Lipinski definition) is 1. The zero-order valence-corrected chi connectivity index (χ0v) is 14.0. The van der Waals surface area contributed by atoms with Crippen LogP contribution in [0.4, 0.5) is 5.69 Å². The lowest BCUT2D eigenvalue weighted by atomic mass is 9.92. The summed E-state index contributed by atoms with van der Waals surface area (Å²) < 4.78 is 4.99. The molecule has 3 heterocycles. The second-order valence-corrected chi connectivity index (χ2v) is 6.29. The quantitative estimate of drug-likeness (QED) is 0.935. The average molecular weight is 316 g/mol. The number of aromatic amines is 1. The van der Waals surface area contributed by atoms with Gasteiger partial charge in [-0.15, -0.1) is 0 Å². The summed E-state index contributed by atoms with van der Waals surface area (Å²) in [5.41, 5.74) is 2.04. The smallest absolute Gasteiger partial charge is 0.248 e. The first kappa shape index (κ1) is 15.8. The Morgan fingerprint density at radius 2 is 2.35 bits per heavy atom. The van der Waals surface area contributed by atoms with E-state index in [9.17, 15) is 4.79 Å². The maximum Gasteiger partial charge on any atom is 0.248 e. The third-order valence-corrected chi connectivity index (χ3v) is 4.85. The minimum Gasteiger partial charge on any atom is -0.375 e. The normalized spacial score (nSPS) is 21.6.